The van der Waals surface area contributed by atoms with Crippen LogP contribution in [0.3, 0.4) is 0 Å². The number of rotatable bonds is 3. The van der Waals surface area contributed by atoms with E-state index in [-0.39, 0.29) is 13.0 Å². The lowest BCUT2D eigenvalue weighted by molar-refractivity contribution is -0.166. The molecule has 0 spiro atoms. The number of phosphoric acid groups is 1. The Morgan fingerprint density at radius 2 is 2.12 bits per heavy atom. The summed E-state index contributed by atoms with van der Waals surface area (Å²) in [6, 6.07) is 0. The zero-order valence-corrected chi connectivity index (χ0v) is 9.52. The number of likely N-dealkylation sites (tertiary alicyclic amines) is 1. The third kappa shape index (κ3) is 4.29. The number of aliphatic hydroxyl groups excluding tert-OH is 1. The number of hydrogen-bond acceptors (Lipinski definition) is 4. The van der Waals surface area contributed by atoms with Gasteiger partial charge >= 0.3 is 7.82 Å². The van der Waals surface area contributed by atoms with Crippen LogP contribution in [0, 0.1) is 0 Å². The summed E-state index contributed by atoms with van der Waals surface area (Å²) in [6.07, 6.45) is -2.11. The molecule has 0 aromatic rings. The molecular weight excluding hydrogens is 263 g/mol. The van der Waals surface area contributed by atoms with Gasteiger partial charge in [-0.3, -0.25) is 9.32 Å². The Hall–Kier alpha value is -0.600. The van der Waals surface area contributed by atoms with Crippen molar-refractivity contribution in [2.45, 2.75) is 18.4 Å². The van der Waals surface area contributed by atoms with Crippen molar-refractivity contribution < 1.29 is 37.6 Å². The van der Waals surface area contributed by atoms with E-state index in [1.807, 2.05) is 0 Å². The minimum Gasteiger partial charge on any atom is -0.387 e. The Bertz CT molecular complexity index is 345. The van der Waals surface area contributed by atoms with E-state index in [0.29, 0.717) is 4.90 Å². The van der Waals surface area contributed by atoms with Crippen LogP contribution in [0.5, 0.6) is 0 Å². The molecule has 0 saturated carbocycles. The smallest absolute Gasteiger partial charge is 0.387 e. The highest BCUT2D eigenvalue weighted by atomic mass is 31.2. The topological polar surface area (TPSA) is 107 Å². The molecule has 0 unspecified atom stereocenters. The van der Waals surface area contributed by atoms with Crippen molar-refractivity contribution in [1.82, 2.24) is 4.90 Å². The molecule has 1 amide bonds. The van der Waals surface area contributed by atoms with Gasteiger partial charge in [0, 0.05) is 6.54 Å². The van der Waals surface area contributed by atoms with Crippen LogP contribution in [0.2, 0.25) is 0 Å². The number of piperidine rings is 1. The van der Waals surface area contributed by atoms with Crippen LogP contribution in [-0.2, 0) is 13.9 Å². The first kappa shape index (κ1) is 14.5. The van der Waals surface area contributed by atoms with E-state index in [1.165, 1.54) is 0 Å². The van der Waals surface area contributed by atoms with Crippen LogP contribution in [0.25, 0.3) is 0 Å². The van der Waals surface area contributed by atoms with Gasteiger partial charge in [0.25, 0.3) is 5.92 Å². The van der Waals surface area contributed by atoms with Crippen molar-refractivity contribution in [2.75, 3.05) is 19.7 Å². The number of amides is 1. The monoisotopic (exact) mass is 275 g/mol. The molecule has 1 fully saturated rings. The molecule has 1 aliphatic heterocycles. The van der Waals surface area contributed by atoms with Crippen LogP contribution in [0.4, 0.5) is 8.78 Å². The average molecular weight is 275 g/mol. The van der Waals surface area contributed by atoms with E-state index in [1.54, 1.807) is 0 Å². The lowest BCUT2D eigenvalue weighted by Gasteiger charge is -2.35. The fourth-order valence-electron chi connectivity index (χ4n) is 1.37. The summed E-state index contributed by atoms with van der Waals surface area (Å²) < 4.78 is 40.3. The van der Waals surface area contributed by atoms with Crippen LogP contribution in [0.1, 0.15) is 6.42 Å². The summed E-state index contributed by atoms with van der Waals surface area (Å²) in [5.41, 5.74) is 0. The molecule has 0 radical (unpaired) electrons. The van der Waals surface area contributed by atoms with E-state index < -0.39 is 38.9 Å². The van der Waals surface area contributed by atoms with Gasteiger partial charge in [0.05, 0.1) is 6.54 Å². The molecule has 0 aromatic carbocycles. The summed E-state index contributed by atoms with van der Waals surface area (Å²) in [5, 5.41) is 8.95. The molecule has 3 N–H and O–H groups in total. The Morgan fingerprint density at radius 3 is 2.59 bits per heavy atom. The van der Waals surface area contributed by atoms with Crippen molar-refractivity contribution in [3.8, 4) is 0 Å². The molecule has 1 rings (SSSR count). The van der Waals surface area contributed by atoms with Crippen molar-refractivity contribution in [1.29, 1.82) is 0 Å². The quantitative estimate of drug-likeness (QED) is 0.589. The first-order valence-electron chi connectivity index (χ1n) is 4.65. The summed E-state index contributed by atoms with van der Waals surface area (Å²) in [5.74, 6) is -4.38. The second-order valence-electron chi connectivity index (χ2n) is 3.64. The lowest BCUT2D eigenvalue weighted by atomic mass is 10.0. The third-order valence-electron chi connectivity index (χ3n) is 2.27. The van der Waals surface area contributed by atoms with Crippen molar-refractivity contribution in [3.63, 3.8) is 0 Å². The molecule has 7 nitrogen and oxygen atoms in total. The summed E-state index contributed by atoms with van der Waals surface area (Å²) in [7, 11) is -4.80. The molecule has 0 aliphatic carbocycles. The maximum Gasteiger partial charge on any atom is 0.470 e. The van der Waals surface area contributed by atoms with E-state index in [4.69, 9.17) is 14.9 Å². The first-order chi connectivity index (χ1) is 7.62. The van der Waals surface area contributed by atoms with Crippen molar-refractivity contribution in [3.05, 3.63) is 0 Å². The number of alkyl halides is 2. The minimum absolute atomic E-state index is 0.111. The highest BCUT2D eigenvalue weighted by molar-refractivity contribution is 7.46. The number of nitrogens with zero attached hydrogens (tertiary/aromatic N) is 1. The lowest BCUT2D eigenvalue weighted by Crippen LogP contribution is -2.54. The van der Waals surface area contributed by atoms with Gasteiger partial charge in [-0.25, -0.2) is 13.3 Å². The van der Waals surface area contributed by atoms with E-state index in [9.17, 15) is 18.1 Å². The molecule has 1 atom stereocenters. The summed E-state index contributed by atoms with van der Waals surface area (Å²) in [4.78, 5) is 28.7. The standard InChI is InChI=1S/C7H12F2NO6P/c8-7(9)4-10(2-1-5(7)11)6(12)3-16-17(13,14)15/h5,11H,1-4H2,(H2,13,14,15)/t5-/m0/s1. The van der Waals surface area contributed by atoms with Crippen LogP contribution in [0.15, 0.2) is 0 Å². The number of carbonyl (C=O) groups excluding carboxylic acids is 1. The molecule has 0 aromatic heterocycles. The highest BCUT2D eigenvalue weighted by Crippen LogP contribution is 2.35. The van der Waals surface area contributed by atoms with Gasteiger partial charge in [-0.1, -0.05) is 0 Å². The number of aliphatic hydroxyl groups is 1. The summed E-state index contributed by atoms with van der Waals surface area (Å²) >= 11 is 0. The average Bonchev–Trinajstić information content (AvgIpc) is 2.17. The number of halogens is 2. The van der Waals surface area contributed by atoms with Gasteiger partial charge in [0.15, 0.2) is 0 Å². The zero-order chi connectivity index (χ0) is 13.3. The fourth-order valence-corrected chi connectivity index (χ4v) is 1.65. The van der Waals surface area contributed by atoms with Crippen molar-refractivity contribution in [2.24, 2.45) is 0 Å². The van der Waals surface area contributed by atoms with Gasteiger partial charge in [-0.2, -0.15) is 0 Å². The molecule has 100 valence electrons. The Labute approximate surface area is 95.2 Å². The molecule has 1 saturated heterocycles. The van der Waals surface area contributed by atoms with Gasteiger partial charge in [-0.15, -0.1) is 0 Å². The molecular formula is C7H12F2NO6P. The Kier molecular flexibility index (Phi) is 4.21. The highest BCUT2D eigenvalue weighted by Gasteiger charge is 2.45. The predicted octanol–water partition coefficient (Wildman–Crippen LogP) is -0.676. The SMILES string of the molecule is O=C(COP(=O)(O)O)N1CC[C@H](O)C(F)(F)C1. The van der Waals surface area contributed by atoms with Crippen LogP contribution < -0.4 is 0 Å². The number of hydrogen-bond donors (Lipinski definition) is 3. The van der Waals surface area contributed by atoms with E-state index in [2.05, 4.69) is 4.52 Å². The number of carbonyl (C=O) groups is 1. The van der Waals surface area contributed by atoms with Gasteiger partial charge in [0.1, 0.15) is 12.7 Å². The Balaban J connectivity index is 2.52. The van der Waals surface area contributed by atoms with E-state index in [0.717, 1.165) is 0 Å². The Morgan fingerprint density at radius 1 is 1.53 bits per heavy atom. The van der Waals surface area contributed by atoms with Gasteiger partial charge < -0.3 is 19.8 Å². The second kappa shape index (κ2) is 4.95. The fraction of sp³-hybridized carbons (Fsp3) is 0.857. The maximum atomic E-state index is 13.0. The summed E-state index contributed by atoms with van der Waals surface area (Å²) in [6.45, 7) is -2.08. The van der Waals surface area contributed by atoms with Crippen molar-refractivity contribution >= 4 is 13.7 Å². The largest absolute Gasteiger partial charge is 0.470 e. The molecule has 10 heteroatoms. The van der Waals surface area contributed by atoms with Gasteiger partial charge in [-0.05, 0) is 6.42 Å². The van der Waals surface area contributed by atoms with Gasteiger partial charge in [0.2, 0.25) is 5.91 Å². The predicted molar refractivity (Wildman–Crippen MR) is 50.1 cm³/mol. The van der Waals surface area contributed by atoms with Crippen LogP contribution in [-0.4, -0.2) is 57.4 Å². The molecule has 17 heavy (non-hydrogen) atoms. The van der Waals surface area contributed by atoms with E-state index >= 15 is 0 Å². The number of phosphoric ester groups is 1. The first-order valence-corrected chi connectivity index (χ1v) is 6.18. The molecule has 1 heterocycles. The molecule has 0 bridgehead atoms. The normalized spacial score (nSPS) is 24.8. The zero-order valence-electron chi connectivity index (χ0n) is 8.62. The minimum atomic E-state index is -4.80. The second-order valence-corrected chi connectivity index (χ2v) is 4.88. The van der Waals surface area contributed by atoms with Crippen LogP contribution >= 0.6 is 7.82 Å². The third-order valence-corrected chi connectivity index (χ3v) is 2.74. The molecule has 1 aliphatic rings. The maximum absolute atomic E-state index is 13.0.